The Morgan fingerprint density at radius 3 is 2.58 bits per heavy atom. The lowest BCUT2D eigenvalue weighted by Gasteiger charge is -2.23. The van der Waals surface area contributed by atoms with Gasteiger partial charge in [0.25, 0.3) is 5.56 Å². The van der Waals surface area contributed by atoms with Crippen molar-refractivity contribution in [2.45, 2.75) is 26.3 Å². The predicted molar refractivity (Wildman–Crippen MR) is 122 cm³/mol. The Bertz CT molecular complexity index is 1170. The molecule has 31 heavy (non-hydrogen) atoms. The van der Waals surface area contributed by atoms with Crippen LogP contribution < -0.4 is 10.5 Å². The molecule has 2 N–H and O–H groups in total. The zero-order valence-electron chi connectivity index (χ0n) is 17.1. The third kappa shape index (κ3) is 5.95. The number of anilines is 1. The highest BCUT2D eigenvalue weighted by molar-refractivity contribution is 7.71. The number of benzene rings is 2. The van der Waals surface area contributed by atoms with Gasteiger partial charge < -0.3 is 10.0 Å². The molecule has 0 unspecified atom stereocenters. The van der Waals surface area contributed by atoms with E-state index in [0.717, 1.165) is 29.0 Å². The highest BCUT2D eigenvalue weighted by Crippen LogP contribution is 2.17. The first kappa shape index (κ1) is 22.1. The van der Waals surface area contributed by atoms with Gasteiger partial charge >= 0.3 is 5.97 Å². The van der Waals surface area contributed by atoms with E-state index in [2.05, 4.69) is 39.3 Å². The number of H-pyrrole nitrogens is 1. The summed E-state index contributed by atoms with van der Waals surface area (Å²) in [7, 11) is 0. The van der Waals surface area contributed by atoms with Gasteiger partial charge in [-0.1, -0.05) is 42.5 Å². The molecule has 2 aromatic carbocycles. The van der Waals surface area contributed by atoms with Gasteiger partial charge in [-0.05, 0) is 42.4 Å². The lowest BCUT2D eigenvalue weighted by molar-refractivity contribution is -0.136. The molecule has 160 valence electrons. The quantitative estimate of drug-likeness (QED) is 0.394. The van der Waals surface area contributed by atoms with E-state index in [1.807, 2.05) is 42.5 Å². The molecule has 0 saturated heterocycles. The number of hydrogen-bond donors (Lipinski definition) is 2. The second kappa shape index (κ2) is 10.4. The number of nitrogens with one attached hydrogen (secondary N) is 1. The molecular weight excluding hydrogens is 414 g/mol. The number of aromatic nitrogens is 3. The number of carboxylic acids is 1. The molecule has 1 aromatic heterocycles. The number of rotatable bonds is 9. The molecular formula is C22H23N5O3S. The van der Waals surface area contributed by atoms with Crippen molar-refractivity contribution in [3.05, 3.63) is 86.5 Å². The number of aryl methyl sites for hydroxylation is 1. The zero-order chi connectivity index (χ0) is 22.2. The lowest BCUT2D eigenvalue weighted by Crippen LogP contribution is -2.25. The van der Waals surface area contributed by atoms with Crippen LogP contribution in [0, 0.1) is 4.77 Å². The summed E-state index contributed by atoms with van der Waals surface area (Å²) in [6.07, 6.45) is 1.33. The van der Waals surface area contributed by atoms with Crippen molar-refractivity contribution in [3.8, 4) is 0 Å². The number of aliphatic carboxylic acids is 1. The molecule has 0 radical (unpaired) electrons. The molecule has 0 spiro atoms. The highest BCUT2D eigenvalue weighted by Gasteiger charge is 2.09. The van der Waals surface area contributed by atoms with E-state index in [1.165, 1.54) is 11.8 Å². The van der Waals surface area contributed by atoms with Crippen LogP contribution in [0.3, 0.4) is 0 Å². The molecule has 0 aliphatic heterocycles. The Morgan fingerprint density at radius 2 is 1.94 bits per heavy atom. The molecule has 0 bridgehead atoms. The highest BCUT2D eigenvalue weighted by atomic mass is 32.1. The third-order valence-corrected chi connectivity index (χ3v) is 4.94. The molecule has 0 saturated carbocycles. The lowest BCUT2D eigenvalue weighted by atomic mass is 10.1. The first-order valence-corrected chi connectivity index (χ1v) is 10.2. The van der Waals surface area contributed by atoms with Crippen LogP contribution in [0.5, 0.6) is 0 Å². The minimum Gasteiger partial charge on any atom is -0.481 e. The minimum atomic E-state index is -1.01. The standard InChI is InChI=1S/C22H23N5O3S/c1-2-26(15-17-6-4-3-5-7-17)18-10-8-16(9-11-18)14-23-27-21(30)19(12-13-20(28)29)24-25-22(27)31/h3-11,14H,2,12-13,15H2,1H3,(H,25,31)(H,28,29)/b23-14-. The van der Waals surface area contributed by atoms with Crippen LogP contribution in [0.15, 0.2) is 64.5 Å². The van der Waals surface area contributed by atoms with Crippen LogP contribution in [0.25, 0.3) is 0 Å². The van der Waals surface area contributed by atoms with Crippen LogP contribution >= 0.6 is 12.2 Å². The van der Waals surface area contributed by atoms with Crippen molar-refractivity contribution in [1.82, 2.24) is 14.9 Å². The average Bonchev–Trinajstić information content (AvgIpc) is 2.78. The summed E-state index contributed by atoms with van der Waals surface area (Å²) >= 11 is 5.09. The third-order valence-electron chi connectivity index (χ3n) is 4.67. The Morgan fingerprint density at radius 1 is 1.23 bits per heavy atom. The van der Waals surface area contributed by atoms with Crippen molar-refractivity contribution in [3.63, 3.8) is 0 Å². The normalized spacial score (nSPS) is 11.0. The van der Waals surface area contributed by atoms with Gasteiger partial charge in [0.2, 0.25) is 4.77 Å². The Labute approximate surface area is 184 Å². The molecule has 0 amide bonds. The van der Waals surface area contributed by atoms with Crippen LogP contribution in [0.1, 0.15) is 30.2 Å². The fourth-order valence-electron chi connectivity index (χ4n) is 3.00. The average molecular weight is 438 g/mol. The molecule has 3 rings (SSSR count). The molecule has 0 fully saturated rings. The summed E-state index contributed by atoms with van der Waals surface area (Å²) < 4.78 is 1.05. The zero-order valence-corrected chi connectivity index (χ0v) is 17.9. The van der Waals surface area contributed by atoms with Crippen molar-refractivity contribution >= 4 is 30.1 Å². The van der Waals surface area contributed by atoms with Gasteiger partial charge in [-0.2, -0.15) is 14.9 Å². The topological polar surface area (TPSA) is 104 Å². The van der Waals surface area contributed by atoms with E-state index in [4.69, 9.17) is 17.3 Å². The van der Waals surface area contributed by atoms with Gasteiger partial charge in [-0.15, -0.1) is 0 Å². The fourth-order valence-corrected chi connectivity index (χ4v) is 3.18. The monoisotopic (exact) mass is 437 g/mol. The number of carboxylic acid groups (broad SMARTS) is 1. The van der Waals surface area contributed by atoms with Gasteiger partial charge in [0.05, 0.1) is 12.6 Å². The molecule has 0 atom stereocenters. The second-order valence-electron chi connectivity index (χ2n) is 6.82. The van der Waals surface area contributed by atoms with E-state index < -0.39 is 11.5 Å². The van der Waals surface area contributed by atoms with Crippen LogP contribution in [0.2, 0.25) is 0 Å². The van der Waals surface area contributed by atoms with Gasteiger partial charge in [-0.3, -0.25) is 14.7 Å². The summed E-state index contributed by atoms with van der Waals surface area (Å²) in [5, 5.41) is 19.3. The van der Waals surface area contributed by atoms with Gasteiger partial charge in [0.15, 0.2) is 0 Å². The van der Waals surface area contributed by atoms with Crippen LogP contribution in [0.4, 0.5) is 5.69 Å². The predicted octanol–water partition coefficient (Wildman–Crippen LogP) is 3.23. The van der Waals surface area contributed by atoms with Crippen molar-refractivity contribution < 1.29 is 9.90 Å². The first-order chi connectivity index (χ1) is 15.0. The van der Waals surface area contributed by atoms with Gasteiger partial charge in [0, 0.05) is 25.2 Å². The van der Waals surface area contributed by atoms with Crippen LogP contribution in [-0.2, 0) is 17.8 Å². The van der Waals surface area contributed by atoms with Gasteiger partial charge in [0.1, 0.15) is 5.69 Å². The summed E-state index contributed by atoms with van der Waals surface area (Å²) in [4.78, 5) is 25.5. The van der Waals surface area contributed by atoms with E-state index in [1.54, 1.807) is 0 Å². The molecule has 9 heteroatoms. The number of nitrogens with zero attached hydrogens (tertiary/aromatic N) is 4. The Balaban J connectivity index is 1.76. The van der Waals surface area contributed by atoms with Crippen molar-refractivity contribution in [2.75, 3.05) is 11.4 Å². The van der Waals surface area contributed by atoms with E-state index >= 15 is 0 Å². The van der Waals surface area contributed by atoms with Crippen molar-refractivity contribution in [2.24, 2.45) is 5.10 Å². The minimum absolute atomic E-state index is 0.00123. The number of carbonyl (C=O) groups is 1. The number of hydrogen-bond acceptors (Lipinski definition) is 6. The van der Waals surface area contributed by atoms with E-state index in [0.29, 0.717) is 0 Å². The van der Waals surface area contributed by atoms with E-state index in [9.17, 15) is 9.59 Å². The van der Waals surface area contributed by atoms with Gasteiger partial charge in [-0.25, -0.2) is 0 Å². The maximum atomic E-state index is 12.5. The first-order valence-electron chi connectivity index (χ1n) is 9.83. The van der Waals surface area contributed by atoms with E-state index in [-0.39, 0.29) is 23.3 Å². The molecule has 8 nitrogen and oxygen atoms in total. The maximum Gasteiger partial charge on any atom is 0.303 e. The summed E-state index contributed by atoms with van der Waals surface area (Å²) in [5.74, 6) is -1.01. The Kier molecular flexibility index (Phi) is 7.45. The number of aromatic amines is 1. The van der Waals surface area contributed by atoms with Crippen LogP contribution in [-0.4, -0.2) is 38.7 Å². The molecule has 1 heterocycles. The SMILES string of the molecule is CCN(Cc1ccccc1)c1ccc(/C=N\n2c(=S)[nH]nc(CCC(=O)O)c2=O)cc1. The largest absolute Gasteiger partial charge is 0.481 e. The smallest absolute Gasteiger partial charge is 0.303 e. The summed E-state index contributed by atoms with van der Waals surface area (Å²) in [6.45, 7) is 3.78. The summed E-state index contributed by atoms with van der Waals surface area (Å²) in [6, 6.07) is 18.1. The molecule has 0 aliphatic carbocycles. The summed E-state index contributed by atoms with van der Waals surface area (Å²) in [5.41, 5.74) is 2.66. The molecule has 3 aromatic rings. The maximum absolute atomic E-state index is 12.5. The van der Waals surface area contributed by atoms with Crippen molar-refractivity contribution in [1.29, 1.82) is 0 Å². The Hall–Kier alpha value is -3.59. The molecule has 0 aliphatic rings. The fraction of sp³-hybridized carbons (Fsp3) is 0.227. The second-order valence-corrected chi connectivity index (χ2v) is 7.21.